The summed E-state index contributed by atoms with van der Waals surface area (Å²) in [6, 6.07) is 7.49. The molecule has 2 amide bonds. The SMILES string of the molecule is CC(C)C(CNC(=O)N(C)CCCC1CC(c2cccc(F)c2)NN1)N1CCOCC1. The van der Waals surface area contributed by atoms with Crippen molar-refractivity contribution in [2.24, 2.45) is 5.92 Å². The minimum atomic E-state index is -0.205. The zero-order valence-electron chi connectivity index (χ0n) is 19.1. The predicted octanol–water partition coefficient (Wildman–Crippen LogP) is 2.51. The van der Waals surface area contributed by atoms with E-state index in [0.717, 1.165) is 51.1 Å². The van der Waals surface area contributed by atoms with Gasteiger partial charge in [-0.25, -0.2) is 9.18 Å². The van der Waals surface area contributed by atoms with E-state index in [4.69, 9.17) is 4.74 Å². The van der Waals surface area contributed by atoms with Gasteiger partial charge in [0.25, 0.3) is 0 Å². The molecule has 2 saturated heterocycles. The topological polar surface area (TPSA) is 68.9 Å². The summed E-state index contributed by atoms with van der Waals surface area (Å²) in [5, 5.41) is 3.11. The molecule has 1 aromatic carbocycles. The van der Waals surface area contributed by atoms with Gasteiger partial charge in [0.2, 0.25) is 0 Å². The Morgan fingerprint density at radius 2 is 2.10 bits per heavy atom. The molecule has 3 rings (SSSR count). The third-order valence-corrected chi connectivity index (χ3v) is 6.37. The zero-order chi connectivity index (χ0) is 22.2. The lowest BCUT2D eigenvalue weighted by molar-refractivity contribution is 0.00698. The Kier molecular flexibility index (Phi) is 9.07. The Balaban J connectivity index is 1.35. The standard InChI is InChI=1S/C23H38FN5O2/c1-17(2)22(29-10-12-31-13-11-29)16-25-23(30)28(3)9-5-8-20-15-21(27-26-20)18-6-4-7-19(24)14-18/h4,6-7,14,17,20-22,26-27H,5,8-13,15-16H2,1-3H3,(H,25,30). The summed E-state index contributed by atoms with van der Waals surface area (Å²) in [5.74, 6) is 0.263. The fourth-order valence-corrected chi connectivity index (χ4v) is 4.45. The second-order valence-electron chi connectivity index (χ2n) is 9.04. The lowest BCUT2D eigenvalue weighted by Gasteiger charge is -2.37. The number of nitrogens with zero attached hydrogens (tertiary/aromatic N) is 2. The molecule has 31 heavy (non-hydrogen) atoms. The molecule has 2 fully saturated rings. The van der Waals surface area contributed by atoms with Crippen molar-refractivity contribution in [3.63, 3.8) is 0 Å². The minimum absolute atomic E-state index is 0.0194. The highest BCUT2D eigenvalue weighted by atomic mass is 19.1. The first-order chi connectivity index (χ1) is 14.9. The lowest BCUT2D eigenvalue weighted by atomic mass is 9.99. The molecule has 2 aliphatic rings. The van der Waals surface area contributed by atoms with Crippen LogP contribution in [-0.2, 0) is 4.74 Å². The summed E-state index contributed by atoms with van der Waals surface area (Å²) in [6.07, 6.45) is 2.78. The maximum atomic E-state index is 13.4. The first kappa shape index (κ1) is 23.9. The van der Waals surface area contributed by atoms with Crippen LogP contribution in [0.4, 0.5) is 9.18 Å². The normalized spacial score (nSPS) is 23.1. The molecule has 0 spiro atoms. The van der Waals surface area contributed by atoms with E-state index < -0.39 is 0 Å². The number of nitrogens with one attached hydrogen (secondary N) is 3. The molecule has 0 aromatic heterocycles. The summed E-state index contributed by atoms with van der Waals surface area (Å²) >= 11 is 0. The Morgan fingerprint density at radius 3 is 2.81 bits per heavy atom. The smallest absolute Gasteiger partial charge is 0.317 e. The number of benzene rings is 1. The second-order valence-corrected chi connectivity index (χ2v) is 9.04. The van der Waals surface area contributed by atoms with Crippen molar-refractivity contribution in [3.05, 3.63) is 35.6 Å². The zero-order valence-corrected chi connectivity index (χ0v) is 19.1. The van der Waals surface area contributed by atoms with E-state index in [1.807, 2.05) is 13.1 Å². The van der Waals surface area contributed by atoms with Gasteiger partial charge in [0.15, 0.2) is 0 Å². The van der Waals surface area contributed by atoms with Gasteiger partial charge in [-0.15, -0.1) is 0 Å². The maximum absolute atomic E-state index is 13.4. The van der Waals surface area contributed by atoms with Gasteiger partial charge in [-0.3, -0.25) is 15.8 Å². The van der Waals surface area contributed by atoms with Crippen LogP contribution >= 0.6 is 0 Å². The number of carbonyl (C=O) groups is 1. The van der Waals surface area contributed by atoms with E-state index in [9.17, 15) is 9.18 Å². The Labute approximate surface area is 185 Å². The predicted molar refractivity (Wildman–Crippen MR) is 120 cm³/mol. The molecule has 1 aromatic rings. The number of rotatable bonds is 9. The number of halogens is 1. The number of hydrazine groups is 1. The van der Waals surface area contributed by atoms with Crippen LogP contribution in [0.1, 0.15) is 44.7 Å². The highest BCUT2D eigenvalue weighted by Crippen LogP contribution is 2.24. The molecule has 174 valence electrons. The van der Waals surface area contributed by atoms with Gasteiger partial charge in [0.05, 0.1) is 13.2 Å². The molecular formula is C23H38FN5O2. The third-order valence-electron chi connectivity index (χ3n) is 6.37. The van der Waals surface area contributed by atoms with E-state index >= 15 is 0 Å². The number of hydrogen-bond donors (Lipinski definition) is 3. The summed E-state index contributed by atoms with van der Waals surface area (Å²) in [7, 11) is 1.85. The van der Waals surface area contributed by atoms with Crippen LogP contribution in [0.25, 0.3) is 0 Å². The molecule has 3 unspecified atom stereocenters. The molecule has 8 heteroatoms. The Hall–Kier alpha value is -1.74. The van der Waals surface area contributed by atoms with Crippen molar-refractivity contribution in [3.8, 4) is 0 Å². The van der Waals surface area contributed by atoms with Crippen molar-refractivity contribution < 1.29 is 13.9 Å². The van der Waals surface area contributed by atoms with Crippen molar-refractivity contribution in [1.29, 1.82) is 0 Å². The quantitative estimate of drug-likeness (QED) is 0.556. The molecule has 0 saturated carbocycles. The monoisotopic (exact) mass is 435 g/mol. The molecule has 2 aliphatic heterocycles. The summed E-state index contributed by atoms with van der Waals surface area (Å²) in [6.45, 7) is 9.15. The van der Waals surface area contributed by atoms with E-state index in [-0.39, 0.29) is 17.9 Å². The molecule has 7 nitrogen and oxygen atoms in total. The number of hydrogen-bond acceptors (Lipinski definition) is 5. The van der Waals surface area contributed by atoms with Crippen LogP contribution in [0.5, 0.6) is 0 Å². The fraction of sp³-hybridized carbons (Fsp3) is 0.696. The van der Waals surface area contributed by atoms with E-state index in [1.54, 1.807) is 17.0 Å². The van der Waals surface area contributed by atoms with Crippen LogP contribution in [0.3, 0.4) is 0 Å². The summed E-state index contributed by atoms with van der Waals surface area (Å²) < 4.78 is 18.9. The van der Waals surface area contributed by atoms with Gasteiger partial charge in [-0.05, 0) is 42.9 Å². The average molecular weight is 436 g/mol. The maximum Gasteiger partial charge on any atom is 0.317 e. The summed E-state index contributed by atoms with van der Waals surface area (Å²) in [5.41, 5.74) is 7.54. The van der Waals surface area contributed by atoms with E-state index in [1.165, 1.54) is 6.07 Å². The minimum Gasteiger partial charge on any atom is -0.379 e. The number of carbonyl (C=O) groups excluding carboxylic acids is 1. The van der Waals surface area contributed by atoms with Crippen LogP contribution in [0.15, 0.2) is 24.3 Å². The molecule has 2 heterocycles. The largest absolute Gasteiger partial charge is 0.379 e. The molecule has 3 N–H and O–H groups in total. The summed E-state index contributed by atoms with van der Waals surface area (Å²) in [4.78, 5) is 16.7. The van der Waals surface area contributed by atoms with E-state index in [2.05, 4.69) is 34.9 Å². The first-order valence-corrected chi connectivity index (χ1v) is 11.5. The highest BCUT2D eigenvalue weighted by Gasteiger charge is 2.26. The van der Waals surface area contributed by atoms with Crippen molar-refractivity contribution in [1.82, 2.24) is 26.0 Å². The fourth-order valence-electron chi connectivity index (χ4n) is 4.45. The van der Waals surface area contributed by atoms with Gasteiger partial charge >= 0.3 is 6.03 Å². The average Bonchev–Trinajstić information content (AvgIpc) is 3.23. The molecule has 3 atom stereocenters. The molecule has 0 aliphatic carbocycles. The Morgan fingerprint density at radius 1 is 1.32 bits per heavy atom. The van der Waals surface area contributed by atoms with Crippen molar-refractivity contribution in [2.75, 3.05) is 46.4 Å². The van der Waals surface area contributed by atoms with Crippen molar-refractivity contribution in [2.45, 2.75) is 51.2 Å². The lowest BCUT2D eigenvalue weighted by Crippen LogP contribution is -2.52. The molecular weight excluding hydrogens is 397 g/mol. The number of morpholine rings is 1. The number of ether oxygens (including phenoxy) is 1. The van der Waals surface area contributed by atoms with Crippen LogP contribution in [0.2, 0.25) is 0 Å². The van der Waals surface area contributed by atoms with Crippen molar-refractivity contribution >= 4 is 6.03 Å². The first-order valence-electron chi connectivity index (χ1n) is 11.5. The van der Waals surface area contributed by atoms with Crippen LogP contribution < -0.4 is 16.2 Å². The number of amides is 2. The highest BCUT2D eigenvalue weighted by molar-refractivity contribution is 5.73. The van der Waals surface area contributed by atoms with Gasteiger partial charge in [-0.1, -0.05) is 26.0 Å². The third kappa shape index (κ3) is 7.14. The van der Waals surface area contributed by atoms with Crippen LogP contribution in [0, 0.1) is 11.7 Å². The molecule has 0 bridgehead atoms. The second kappa shape index (κ2) is 11.8. The van der Waals surface area contributed by atoms with Gasteiger partial charge < -0.3 is 15.0 Å². The molecule has 0 radical (unpaired) electrons. The van der Waals surface area contributed by atoms with E-state index in [0.29, 0.717) is 31.1 Å². The van der Waals surface area contributed by atoms with Gasteiger partial charge in [0, 0.05) is 51.4 Å². The Bertz CT molecular complexity index is 698. The van der Waals surface area contributed by atoms with Gasteiger partial charge in [-0.2, -0.15) is 0 Å². The number of urea groups is 1. The van der Waals surface area contributed by atoms with Gasteiger partial charge in [0.1, 0.15) is 5.82 Å². The van der Waals surface area contributed by atoms with Crippen LogP contribution in [-0.4, -0.2) is 74.4 Å².